The molecule has 2 fully saturated rings. The Bertz CT molecular complexity index is 1190. The van der Waals surface area contributed by atoms with E-state index in [2.05, 4.69) is 15.0 Å². The van der Waals surface area contributed by atoms with Crippen LogP contribution in [0.15, 0.2) is 55.0 Å². The molecule has 3 aromatic heterocycles. The first-order valence-corrected chi connectivity index (χ1v) is 10.4. The number of pyridine rings is 3. The van der Waals surface area contributed by atoms with Crippen LogP contribution in [-0.4, -0.2) is 44.4 Å². The Labute approximate surface area is 186 Å². The maximum Gasteiger partial charge on any atom is 0.417 e. The van der Waals surface area contributed by atoms with Crippen LogP contribution in [0, 0.1) is 11.7 Å². The number of alkyl halides is 3. The molecule has 3 unspecified atom stereocenters. The molecule has 170 valence electrons. The summed E-state index contributed by atoms with van der Waals surface area (Å²) in [5.41, 5.74) is -0.475. The lowest BCUT2D eigenvalue weighted by Crippen LogP contribution is -2.47. The number of nitrogens with zero attached hydrogens (tertiary/aromatic N) is 4. The highest BCUT2D eigenvalue weighted by molar-refractivity contribution is 6.00. The van der Waals surface area contributed by atoms with E-state index in [9.17, 15) is 22.4 Å². The van der Waals surface area contributed by atoms with Crippen LogP contribution in [0.4, 0.5) is 17.6 Å². The van der Waals surface area contributed by atoms with E-state index in [1.165, 1.54) is 30.6 Å². The van der Waals surface area contributed by atoms with E-state index in [0.29, 0.717) is 19.4 Å². The first-order valence-electron chi connectivity index (χ1n) is 10.4. The number of hydrogen-bond acceptors (Lipinski definition) is 5. The standard InChI is InChI=1S/C23H18F4N4O2/c24-16-4-2-8-29-21(16)20-15(3-1-7-28-20)22(32)31-12-13-9-17(31)18(10-13)33-19-6-5-14(11-30-19)23(25,26)27/h1-8,11,13,17-18H,9-10,12H2. The van der Waals surface area contributed by atoms with Crippen LogP contribution in [0.2, 0.25) is 0 Å². The van der Waals surface area contributed by atoms with E-state index in [4.69, 9.17) is 4.74 Å². The molecule has 1 saturated carbocycles. The molecule has 1 aliphatic heterocycles. The number of hydrogen-bond donors (Lipinski definition) is 0. The second kappa shape index (κ2) is 8.09. The van der Waals surface area contributed by atoms with Gasteiger partial charge in [0.05, 0.1) is 17.2 Å². The van der Waals surface area contributed by atoms with E-state index in [1.54, 1.807) is 17.0 Å². The summed E-state index contributed by atoms with van der Waals surface area (Å²) in [5, 5.41) is 0. The Morgan fingerprint density at radius 2 is 1.76 bits per heavy atom. The van der Waals surface area contributed by atoms with Crippen molar-refractivity contribution in [2.75, 3.05) is 6.54 Å². The van der Waals surface area contributed by atoms with Gasteiger partial charge in [0, 0.05) is 31.2 Å². The Morgan fingerprint density at radius 1 is 1.00 bits per heavy atom. The lowest BCUT2D eigenvalue weighted by Gasteiger charge is -2.33. The van der Waals surface area contributed by atoms with E-state index in [0.717, 1.165) is 12.3 Å². The average Bonchev–Trinajstić information content (AvgIpc) is 3.39. The number of fused-ring (bicyclic) bond motifs is 2. The highest BCUT2D eigenvalue weighted by Crippen LogP contribution is 2.41. The molecule has 5 rings (SSSR count). The molecule has 0 aromatic carbocycles. The van der Waals surface area contributed by atoms with Crippen molar-refractivity contribution in [3.8, 4) is 17.3 Å². The first-order chi connectivity index (χ1) is 15.8. The quantitative estimate of drug-likeness (QED) is 0.543. The molecule has 0 radical (unpaired) electrons. The number of rotatable bonds is 4. The summed E-state index contributed by atoms with van der Waals surface area (Å²) in [4.78, 5) is 27.1. The summed E-state index contributed by atoms with van der Waals surface area (Å²) < 4.78 is 58.5. The molecule has 0 spiro atoms. The van der Waals surface area contributed by atoms with Crippen molar-refractivity contribution >= 4 is 5.91 Å². The third-order valence-corrected chi connectivity index (χ3v) is 6.04. The zero-order chi connectivity index (χ0) is 23.2. The minimum absolute atomic E-state index is 0.00689. The van der Waals surface area contributed by atoms with Gasteiger partial charge in [0.25, 0.3) is 5.91 Å². The van der Waals surface area contributed by atoms with Gasteiger partial charge in [-0.3, -0.25) is 14.8 Å². The Kier molecular flexibility index (Phi) is 5.22. The lowest BCUT2D eigenvalue weighted by molar-refractivity contribution is -0.137. The molecule has 0 N–H and O–H groups in total. The molecule has 4 heterocycles. The summed E-state index contributed by atoms with van der Waals surface area (Å²) in [6.07, 6.45) is 0.142. The van der Waals surface area contributed by atoms with Crippen molar-refractivity contribution in [2.24, 2.45) is 5.92 Å². The largest absolute Gasteiger partial charge is 0.472 e. The van der Waals surface area contributed by atoms with Gasteiger partial charge in [0.1, 0.15) is 17.5 Å². The van der Waals surface area contributed by atoms with Crippen LogP contribution >= 0.6 is 0 Å². The molecule has 2 bridgehead atoms. The molecule has 10 heteroatoms. The Hall–Kier alpha value is -3.56. The zero-order valence-corrected chi connectivity index (χ0v) is 17.2. The second-order valence-corrected chi connectivity index (χ2v) is 8.13. The smallest absolute Gasteiger partial charge is 0.417 e. The monoisotopic (exact) mass is 458 g/mol. The maximum absolute atomic E-state index is 14.3. The zero-order valence-electron chi connectivity index (χ0n) is 17.2. The first kappa shape index (κ1) is 21.3. The number of carbonyl (C=O) groups excluding carboxylic acids is 1. The minimum Gasteiger partial charge on any atom is -0.472 e. The van der Waals surface area contributed by atoms with Crippen LogP contribution in [0.3, 0.4) is 0 Å². The summed E-state index contributed by atoms with van der Waals surface area (Å²) in [5.74, 6) is -0.622. The molecule has 33 heavy (non-hydrogen) atoms. The predicted octanol–water partition coefficient (Wildman–Crippen LogP) is 4.38. The summed E-state index contributed by atoms with van der Waals surface area (Å²) >= 11 is 0. The summed E-state index contributed by atoms with van der Waals surface area (Å²) in [7, 11) is 0. The average molecular weight is 458 g/mol. The van der Waals surface area contributed by atoms with Gasteiger partial charge in [-0.15, -0.1) is 0 Å². The van der Waals surface area contributed by atoms with Crippen LogP contribution in [-0.2, 0) is 6.18 Å². The van der Waals surface area contributed by atoms with E-state index in [-0.39, 0.29) is 40.7 Å². The molecule has 2 aliphatic rings. The number of halogens is 4. The van der Waals surface area contributed by atoms with Crippen molar-refractivity contribution in [1.29, 1.82) is 0 Å². The molecular weight excluding hydrogens is 440 g/mol. The van der Waals surface area contributed by atoms with Crippen LogP contribution in [0.25, 0.3) is 11.4 Å². The van der Waals surface area contributed by atoms with Gasteiger partial charge in [-0.1, -0.05) is 0 Å². The highest BCUT2D eigenvalue weighted by atomic mass is 19.4. The number of piperidine rings is 1. The number of likely N-dealkylation sites (tertiary alicyclic amines) is 1. The molecule has 1 saturated heterocycles. The summed E-state index contributed by atoms with van der Waals surface area (Å²) in [6.45, 7) is 0.517. The number of amides is 1. The fourth-order valence-corrected chi connectivity index (χ4v) is 4.58. The van der Waals surface area contributed by atoms with Crippen molar-refractivity contribution in [3.63, 3.8) is 0 Å². The van der Waals surface area contributed by atoms with Crippen molar-refractivity contribution < 1.29 is 27.1 Å². The van der Waals surface area contributed by atoms with Gasteiger partial charge in [-0.2, -0.15) is 13.2 Å². The Balaban J connectivity index is 1.37. The molecular formula is C23H18F4N4O2. The number of carbonyl (C=O) groups is 1. The van der Waals surface area contributed by atoms with Gasteiger partial charge in [0.15, 0.2) is 5.82 Å². The van der Waals surface area contributed by atoms with Crippen LogP contribution < -0.4 is 4.74 Å². The second-order valence-electron chi connectivity index (χ2n) is 8.13. The van der Waals surface area contributed by atoms with E-state index in [1.807, 2.05) is 0 Å². The fraction of sp³-hybridized carbons (Fsp3) is 0.304. The molecule has 1 amide bonds. The third kappa shape index (κ3) is 4.01. The van der Waals surface area contributed by atoms with E-state index < -0.39 is 23.7 Å². The maximum atomic E-state index is 14.3. The van der Waals surface area contributed by atoms with Gasteiger partial charge >= 0.3 is 6.18 Å². The Morgan fingerprint density at radius 3 is 2.42 bits per heavy atom. The SMILES string of the molecule is O=C(c1cccnc1-c1ncccc1F)N1CC2CC(Oc3ccc(C(F)(F)F)cn3)C1C2. The normalized spacial score (nSPS) is 21.9. The molecule has 1 aliphatic carbocycles. The molecule has 3 aromatic rings. The molecule has 6 nitrogen and oxygen atoms in total. The van der Waals surface area contributed by atoms with Crippen molar-refractivity contribution in [1.82, 2.24) is 19.9 Å². The van der Waals surface area contributed by atoms with E-state index >= 15 is 0 Å². The minimum atomic E-state index is -4.48. The number of ether oxygens (including phenoxy) is 1. The molecule has 3 atom stereocenters. The van der Waals surface area contributed by atoms with Crippen LogP contribution in [0.1, 0.15) is 28.8 Å². The fourth-order valence-electron chi connectivity index (χ4n) is 4.58. The topological polar surface area (TPSA) is 68.2 Å². The van der Waals surface area contributed by atoms with Gasteiger partial charge in [-0.25, -0.2) is 9.37 Å². The summed E-state index contributed by atoms with van der Waals surface area (Å²) in [6, 6.07) is 7.73. The predicted molar refractivity (Wildman–Crippen MR) is 109 cm³/mol. The van der Waals surface area contributed by atoms with Crippen molar-refractivity contribution in [3.05, 3.63) is 71.9 Å². The van der Waals surface area contributed by atoms with Crippen LogP contribution in [0.5, 0.6) is 5.88 Å². The highest BCUT2D eigenvalue weighted by Gasteiger charge is 2.49. The van der Waals surface area contributed by atoms with Crippen molar-refractivity contribution in [2.45, 2.75) is 31.2 Å². The van der Waals surface area contributed by atoms with Gasteiger partial charge in [-0.05, 0) is 49.1 Å². The lowest BCUT2D eigenvalue weighted by atomic mass is 10.0. The number of aromatic nitrogens is 3. The third-order valence-electron chi connectivity index (χ3n) is 6.04. The van der Waals surface area contributed by atoms with Gasteiger partial charge in [0.2, 0.25) is 5.88 Å². The van der Waals surface area contributed by atoms with Gasteiger partial charge < -0.3 is 9.64 Å².